The number of thioether (sulfide) groups is 1. The topological polar surface area (TPSA) is 21.3 Å². The molecule has 3 heteroatoms. The highest BCUT2D eigenvalue weighted by Gasteiger charge is 2.30. The van der Waals surface area contributed by atoms with Gasteiger partial charge in [0.15, 0.2) is 0 Å². The van der Waals surface area contributed by atoms with Gasteiger partial charge in [-0.25, -0.2) is 0 Å². The Morgan fingerprint density at radius 2 is 2.00 bits per heavy atom. The molecule has 0 amide bonds. The summed E-state index contributed by atoms with van der Waals surface area (Å²) in [5.41, 5.74) is 0.598. The average Bonchev–Trinajstić information content (AvgIpc) is 2.41. The maximum atomic E-state index is 5.11. The molecule has 0 heterocycles. The van der Waals surface area contributed by atoms with Gasteiger partial charge in [-0.1, -0.05) is 26.2 Å². The molecule has 1 fully saturated rings. The zero-order valence-electron chi connectivity index (χ0n) is 12.3. The monoisotopic (exact) mass is 273 g/mol. The highest BCUT2D eigenvalue weighted by Crippen LogP contribution is 2.39. The third-order valence-corrected chi connectivity index (χ3v) is 5.08. The lowest BCUT2D eigenvalue weighted by molar-refractivity contribution is 0.152. The number of methoxy groups -OCH3 is 1. The van der Waals surface area contributed by atoms with Crippen molar-refractivity contribution in [3.8, 4) is 0 Å². The van der Waals surface area contributed by atoms with Gasteiger partial charge in [0.1, 0.15) is 0 Å². The first-order chi connectivity index (χ1) is 8.83. The van der Waals surface area contributed by atoms with Gasteiger partial charge in [-0.3, -0.25) is 0 Å². The molecule has 2 nitrogen and oxygen atoms in total. The zero-order chi connectivity index (χ0) is 13.1. The second kappa shape index (κ2) is 10.1. The number of hydrogen-bond acceptors (Lipinski definition) is 3. The first kappa shape index (κ1) is 16.3. The van der Waals surface area contributed by atoms with Gasteiger partial charge in [0.25, 0.3) is 0 Å². The molecule has 0 aliphatic heterocycles. The van der Waals surface area contributed by atoms with Crippen molar-refractivity contribution in [1.82, 2.24) is 5.32 Å². The third-order valence-electron chi connectivity index (χ3n) is 4.10. The molecule has 0 aromatic heterocycles. The number of rotatable bonds is 10. The van der Waals surface area contributed by atoms with Crippen molar-refractivity contribution in [2.24, 2.45) is 5.41 Å². The summed E-state index contributed by atoms with van der Waals surface area (Å²) in [6.07, 6.45) is 10.0. The Hall–Kier alpha value is 0.270. The minimum absolute atomic E-state index is 0.598. The van der Waals surface area contributed by atoms with Crippen molar-refractivity contribution in [3.05, 3.63) is 0 Å². The zero-order valence-corrected chi connectivity index (χ0v) is 13.1. The van der Waals surface area contributed by atoms with Gasteiger partial charge in [-0.15, -0.1) is 0 Å². The Kier molecular flexibility index (Phi) is 9.16. The van der Waals surface area contributed by atoms with E-state index in [1.54, 1.807) is 7.11 Å². The van der Waals surface area contributed by atoms with Crippen molar-refractivity contribution in [1.29, 1.82) is 0 Å². The SMILES string of the molecule is CCSCCCC1(CNCCOC)CCCCC1. The molecule has 1 aliphatic rings. The lowest BCUT2D eigenvalue weighted by Gasteiger charge is -2.38. The van der Waals surface area contributed by atoms with Crippen molar-refractivity contribution < 1.29 is 4.74 Å². The number of ether oxygens (including phenoxy) is 1. The Morgan fingerprint density at radius 1 is 1.22 bits per heavy atom. The maximum Gasteiger partial charge on any atom is 0.0587 e. The average molecular weight is 273 g/mol. The fourth-order valence-corrected chi connectivity index (χ4v) is 3.68. The largest absolute Gasteiger partial charge is 0.383 e. The summed E-state index contributed by atoms with van der Waals surface area (Å²) in [5.74, 6) is 2.61. The lowest BCUT2D eigenvalue weighted by atomic mass is 9.71. The van der Waals surface area contributed by atoms with Crippen molar-refractivity contribution in [2.75, 3.05) is 38.3 Å². The standard InChI is InChI=1S/C15H31NOS/c1-3-18-13-7-10-15(8-5-4-6-9-15)14-16-11-12-17-2/h16H,3-14H2,1-2H3. The van der Waals surface area contributed by atoms with E-state index in [9.17, 15) is 0 Å². The lowest BCUT2D eigenvalue weighted by Crippen LogP contribution is -2.37. The molecule has 1 rings (SSSR count). The summed E-state index contributed by atoms with van der Waals surface area (Å²) in [4.78, 5) is 0. The van der Waals surface area contributed by atoms with Crippen LogP contribution in [0.1, 0.15) is 51.9 Å². The van der Waals surface area contributed by atoms with Crippen LogP contribution >= 0.6 is 11.8 Å². The van der Waals surface area contributed by atoms with E-state index in [4.69, 9.17) is 4.74 Å². The summed E-state index contributed by atoms with van der Waals surface area (Å²) in [6.45, 7) is 5.30. The van der Waals surface area contributed by atoms with E-state index >= 15 is 0 Å². The smallest absolute Gasteiger partial charge is 0.0587 e. The van der Waals surface area contributed by atoms with Gasteiger partial charge < -0.3 is 10.1 Å². The summed E-state index contributed by atoms with van der Waals surface area (Å²) in [6, 6.07) is 0. The molecule has 1 aliphatic carbocycles. The van der Waals surface area contributed by atoms with Gasteiger partial charge in [0.2, 0.25) is 0 Å². The molecule has 0 saturated heterocycles. The molecular weight excluding hydrogens is 242 g/mol. The van der Waals surface area contributed by atoms with E-state index in [1.165, 1.54) is 63.0 Å². The Labute approximate surface area is 118 Å². The minimum Gasteiger partial charge on any atom is -0.383 e. The van der Waals surface area contributed by atoms with Crippen LogP contribution in [0.25, 0.3) is 0 Å². The van der Waals surface area contributed by atoms with Crippen molar-refractivity contribution in [3.63, 3.8) is 0 Å². The van der Waals surface area contributed by atoms with Crippen LogP contribution in [-0.4, -0.2) is 38.3 Å². The third kappa shape index (κ3) is 6.44. The molecule has 1 N–H and O–H groups in total. The Morgan fingerprint density at radius 3 is 2.67 bits per heavy atom. The first-order valence-corrected chi connectivity index (χ1v) is 8.76. The minimum atomic E-state index is 0.598. The molecule has 0 bridgehead atoms. The Bertz CT molecular complexity index is 179. The number of nitrogens with one attached hydrogen (secondary N) is 1. The molecule has 108 valence electrons. The van der Waals surface area contributed by atoms with Crippen LogP contribution in [0.2, 0.25) is 0 Å². The van der Waals surface area contributed by atoms with Crippen LogP contribution in [0.15, 0.2) is 0 Å². The van der Waals surface area contributed by atoms with E-state index < -0.39 is 0 Å². The van der Waals surface area contributed by atoms with Crippen LogP contribution < -0.4 is 5.32 Å². The Balaban J connectivity index is 2.27. The van der Waals surface area contributed by atoms with Crippen LogP contribution in [0.3, 0.4) is 0 Å². The molecule has 0 radical (unpaired) electrons. The summed E-state index contributed by atoms with van der Waals surface area (Å²) >= 11 is 2.09. The maximum absolute atomic E-state index is 5.11. The molecule has 0 spiro atoms. The molecule has 0 aromatic rings. The van der Waals surface area contributed by atoms with Gasteiger partial charge in [-0.05, 0) is 42.6 Å². The van der Waals surface area contributed by atoms with E-state index in [-0.39, 0.29) is 0 Å². The molecule has 0 atom stereocenters. The van der Waals surface area contributed by atoms with Gasteiger partial charge in [-0.2, -0.15) is 11.8 Å². The van der Waals surface area contributed by atoms with Crippen LogP contribution in [0.5, 0.6) is 0 Å². The predicted octanol–water partition coefficient (Wildman–Crippen LogP) is 3.71. The normalized spacial score (nSPS) is 19.0. The van der Waals surface area contributed by atoms with Crippen LogP contribution in [0.4, 0.5) is 0 Å². The molecule has 18 heavy (non-hydrogen) atoms. The van der Waals surface area contributed by atoms with E-state index in [0.29, 0.717) is 5.41 Å². The van der Waals surface area contributed by atoms with Crippen molar-refractivity contribution >= 4 is 11.8 Å². The first-order valence-electron chi connectivity index (χ1n) is 7.60. The second-order valence-corrected chi connectivity index (χ2v) is 6.92. The van der Waals surface area contributed by atoms with Crippen LogP contribution in [0, 0.1) is 5.41 Å². The highest BCUT2D eigenvalue weighted by molar-refractivity contribution is 7.99. The molecule has 0 aromatic carbocycles. The summed E-state index contributed by atoms with van der Waals surface area (Å²) in [7, 11) is 1.78. The fraction of sp³-hybridized carbons (Fsp3) is 1.00. The molecule has 1 saturated carbocycles. The van der Waals surface area contributed by atoms with Gasteiger partial charge in [0.05, 0.1) is 6.61 Å². The number of hydrogen-bond donors (Lipinski definition) is 1. The van der Waals surface area contributed by atoms with Crippen molar-refractivity contribution in [2.45, 2.75) is 51.9 Å². The highest BCUT2D eigenvalue weighted by atomic mass is 32.2. The quantitative estimate of drug-likeness (QED) is 0.613. The van der Waals surface area contributed by atoms with Gasteiger partial charge in [0, 0.05) is 20.2 Å². The molecular formula is C15H31NOS. The fourth-order valence-electron chi connectivity index (χ4n) is 3.04. The predicted molar refractivity (Wildman–Crippen MR) is 82.5 cm³/mol. The molecule has 0 unspecified atom stereocenters. The van der Waals surface area contributed by atoms with E-state index in [0.717, 1.165) is 13.2 Å². The summed E-state index contributed by atoms with van der Waals surface area (Å²) in [5, 5.41) is 3.61. The second-order valence-electron chi connectivity index (χ2n) is 5.53. The van der Waals surface area contributed by atoms with Gasteiger partial charge >= 0.3 is 0 Å². The van der Waals surface area contributed by atoms with E-state index in [1.807, 2.05) is 0 Å². The summed E-state index contributed by atoms with van der Waals surface area (Å²) < 4.78 is 5.11. The van der Waals surface area contributed by atoms with E-state index in [2.05, 4.69) is 24.0 Å². The van der Waals surface area contributed by atoms with Crippen LogP contribution in [-0.2, 0) is 4.74 Å².